The first kappa shape index (κ1) is 15.6. The quantitative estimate of drug-likeness (QED) is 0.682. The molecule has 0 unspecified atom stereocenters. The largest absolute Gasteiger partial charge is 0.378 e. The molecule has 116 valence electrons. The Morgan fingerprint density at radius 2 is 1.64 bits per heavy atom. The summed E-state index contributed by atoms with van der Waals surface area (Å²) >= 11 is 6.02. The molecule has 1 aliphatic rings. The van der Waals surface area contributed by atoms with Crippen LogP contribution >= 0.6 is 11.6 Å². The molecule has 0 atom stereocenters. The Morgan fingerprint density at radius 1 is 0.955 bits per heavy atom. The molecule has 1 saturated carbocycles. The Morgan fingerprint density at radius 3 is 2.32 bits per heavy atom. The molecule has 1 aliphatic carbocycles. The highest BCUT2D eigenvalue weighted by molar-refractivity contribution is 6.30. The van der Waals surface area contributed by atoms with Gasteiger partial charge in [0.15, 0.2) is 0 Å². The van der Waals surface area contributed by atoms with Crippen molar-refractivity contribution >= 4 is 11.6 Å². The van der Waals surface area contributed by atoms with E-state index in [0.29, 0.717) is 0 Å². The van der Waals surface area contributed by atoms with Crippen molar-refractivity contribution in [1.29, 1.82) is 0 Å². The van der Waals surface area contributed by atoms with Crippen molar-refractivity contribution in [3.8, 4) is 11.1 Å². The summed E-state index contributed by atoms with van der Waals surface area (Å²) in [7, 11) is 1.87. The molecule has 1 nitrogen and oxygen atoms in total. The first-order chi connectivity index (χ1) is 10.7. The molecular formula is C20H23ClO. The summed E-state index contributed by atoms with van der Waals surface area (Å²) in [6.07, 6.45) is 7.21. The maximum Gasteiger partial charge on any atom is 0.0719 e. The maximum absolute atomic E-state index is 6.02. The van der Waals surface area contributed by atoms with E-state index >= 15 is 0 Å². The lowest BCUT2D eigenvalue weighted by atomic mass is 9.79. The van der Waals surface area contributed by atoms with E-state index in [1.165, 1.54) is 48.8 Å². The predicted octanol–water partition coefficient (Wildman–Crippen LogP) is 5.90. The molecule has 0 aromatic heterocycles. The highest BCUT2D eigenvalue weighted by Crippen LogP contribution is 2.36. The van der Waals surface area contributed by atoms with Crippen LogP contribution in [0.1, 0.15) is 37.7 Å². The van der Waals surface area contributed by atoms with Crippen LogP contribution in [0.25, 0.3) is 11.1 Å². The Balaban J connectivity index is 1.92. The molecule has 1 fully saturated rings. The number of ether oxygens (including phenoxy) is 1. The number of halogens is 1. The topological polar surface area (TPSA) is 9.23 Å². The fourth-order valence-corrected chi connectivity index (χ4v) is 3.71. The maximum atomic E-state index is 6.02. The molecule has 0 spiro atoms. The standard InChI is InChI=1S/C20H23ClO/c1-22-20(13-5-2-6-14-20)15-17-7-3-4-8-19(17)16-9-11-18(21)12-10-16/h3-4,7-12H,2,5-6,13-15H2,1H3. The minimum atomic E-state index is 0.0147. The third kappa shape index (κ3) is 3.37. The third-order valence-electron chi connectivity index (χ3n) is 4.88. The number of benzene rings is 2. The molecule has 2 aromatic carbocycles. The summed E-state index contributed by atoms with van der Waals surface area (Å²) in [5, 5.41) is 0.780. The van der Waals surface area contributed by atoms with Crippen LogP contribution in [0.5, 0.6) is 0 Å². The van der Waals surface area contributed by atoms with Crippen LogP contribution in [0.2, 0.25) is 5.02 Å². The molecule has 22 heavy (non-hydrogen) atoms. The van der Waals surface area contributed by atoms with Crippen molar-refractivity contribution in [2.45, 2.75) is 44.1 Å². The van der Waals surface area contributed by atoms with E-state index in [-0.39, 0.29) is 5.60 Å². The van der Waals surface area contributed by atoms with Gasteiger partial charge in [-0.2, -0.15) is 0 Å². The highest BCUT2D eigenvalue weighted by atomic mass is 35.5. The molecule has 0 bridgehead atoms. The average Bonchev–Trinajstić information content (AvgIpc) is 2.57. The lowest BCUT2D eigenvalue weighted by molar-refractivity contribution is -0.0385. The Kier molecular flexibility index (Phi) is 4.85. The summed E-state index contributed by atoms with van der Waals surface area (Å²) in [6, 6.07) is 16.8. The predicted molar refractivity (Wildman–Crippen MR) is 93.4 cm³/mol. The van der Waals surface area contributed by atoms with Crippen LogP contribution in [-0.4, -0.2) is 12.7 Å². The first-order valence-corrected chi connectivity index (χ1v) is 8.49. The molecule has 2 aromatic rings. The van der Waals surface area contributed by atoms with E-state index in [9.17, 15) is 0 Å². The third-order valence-corrected chi connectivity index (χ3v) is 5.13. The molecule has 0 amide bonds. The lowest BCUT2D eigenvalue weighted by Gasteiger charge is -2.36. The van der Waals surface area contributed by atoms with Gasteiger partial charge in [-0.3, -0.25) is 0 Å². The van der Waals surface area contributed by atoms with Gasteiger partial charge in [0, 0.05) is 18.6 Å². The second kappa shape index (κ2) is 6.85. The average molecular weight is 315 g/mol. The minimum absolute atomic E-state index is 0.0147. The molecule has 0 saturated heterocycles. The summed E-state index contributed by atoms with van der Waals surface area (Å²) in [5.74, 6) is 0. The number of rotatable bonds is 4. The molecule has 0 N–H and O–H groups in total. The second-order valence-corrected chi connectivity index (χ2v) is 6.73. The molecule has 2 heteroatoms. The summed E-state index contributed by atoms with van der Waals surface area (Å²) in [4.78, 5) is 0. The van der Waals surface area contributed by atoms with E-state index < -0.39 is 0 Å². The fraction of sp³-hybridized carbons (Fsp3) is 0.400. The zero-order chi connectivity index (χ0) is 15.4. The van der Waals surface area contributed by atoms with E-state index in [2.05, 4.69) is 36.4 Å². The minimum Gasteiger partial charge on any atom is -0.378 e. The summed E-state index contributed by atoms with van der Waals surface area (Å²) < 4.78 is 5.97. The van der Waals surface area contributed by atoms with Crippen LogP contribution in [0.3, 0.4) is 0 Å². The summed E-state index contributed by atoms with van der Waals surface area (Å²) in [5.41, 5.74) is 3.90. The molecule has 0 aliphatic heterocycles. The van der Waals surface area contributed by atoms with Crippen LogP contribution in [0, 0.1) is 0 Å². The van der Waals surface area contributed by atoms with Crippen molar-refractivity contribution < 1.29 is 4.74 Å². The molecular weight excluding hydrogens is 292 g/mol. The molecule has 0 heterocycles. The number of hydrogen-bond acceptors (Lipinski definition) is 1. The Labute approximate surface area is 138 Å². The van der Waals surface area contributed by atoms with Gasteiger partial charge in [-0.25, -0.2) is 0 Å². The van der Waals surface area contributed by atoms with Gasteiger partial charge >= 0.3 is 0 Å². The van der Waals surface area contributed by atoms with Crippen molar-refractivity contribution in [1.82, 2.24) is 0 Å². The van der Waals surface area contributed by atoms with E-state index in [0.717, 1.165) is 11.4 Å². The number of methoxy groups -OCH3 is 1. The van der Waals surface area contributed by atoms with Gasteiger partial charge in [-0.05, 0) is 41.7 Å². The highest BCUT2D eigenvalue weighted by Gasteiger charge is 2.32. The molecule has 0 radical (unpaired) electrons. The fourth-order valence-electron chi connectivity index (χ4n) is 3.58. The SMILES string of the molecule is COC1(Cc2ccccc2-c2ccc(Cl)cc2)CCCCC1. The van der Waals surface area contributed by atoms with E-state index in [1.807, 2.05) is 19.2 Å². The normalized spacial score (nSPS) is 17.4. The van der Waals surface area contributed by atoms with Gasteiger partial charge in [-0.1, -0.05) is 67.3 Å². The Hall–Kier alpha value is -1.31. The Bertz CT molecular complexity index is 612. The van der Waals surface area contributed by atoms with E-state index in [1.54, 1.807) is 0 Å². The van der Waals surface area contributed by atoms with Crippen LogP contribution in [0.15, 0.2) is 48.5 Å². The van der Waals surface area contributed by atoms with Crippen LogP contribution in [-0.2, 0) is 11.2 Å². The number of hydrogen-bond donors (Lipinski definition) is 0. The van der Waals surface area contributed by atoms with Gasteiger partial charge in [0.05, 0.1) is 5.60 Å². The van der Waals surface area contributed by atoms with Gasteiger partial charge in [0.25, 0.3) is 0 Å². The van der Waals surface area contributed by atoms with Gasteiger partial charge in [0.2, 0.25) is 0 Å². The van der Waals surface area contributed by atoms with Crippen molar-refractivity contribution in [3.63, 3.8) is 0 Å². The monoisotopic (exact) mass is 314 g/mol. The van der Waals surface area contributed by atoms with Gasteiger partial charge in [0.1, 0.15) is 0 Å². The van der Waals surface area contributed by atoms with Crippen molar-refractivity contribution in [2.24, 2.45) is 0 Å². The lowest BCUT2D eigenvalue weighted by Crippen LogP contribution is -2.36. The smallest absolute Gasteiger partial charge is 0.0719 e. The van der Waals surface area contributed by atoms with Crippen LogP contribution < -0.4 is 0 Å². The van der Waals surface area contributed by atoms with Crippen LogP contribution in [0.4, 0.5) is 0 Å². The van der Waals surface area contributed by atoms with Gasteiger partial charge < -0.3 is 4.74 Å². The molecule has 3 rings (SSSR count). The van der Waals surface area contributed by atoms with E-state index in [4.69, 9.17) is 16.3 Å². The second-order valence-electron chi connectivity index (χ2n) is 6.29. The summed E-state index contributed by atoms with van der Waals surface area (Å²) in [6.45, 7) is 0. The zero-order valence-corrected chi connectivity index (χ0v) is 13.9. The van der Waals surface area contributed by atoms with Crippen molar-refractivity contribution in [2.75, 3.05) is 7.11 Å². The van der Waals surface area contributed by atoms with Crippen molar-refractivity contribution in [3.05, 3.63) is 59.1 Å². The van der Waals surface area contributed by atoms with Gasteiger partial charge in [-0.15, -0.1) is 0 Å². The first-order valence-electron chi connectivity index (χ1n) is 8.11. The zero-order valence-electron chi connectivity index (χ0n) is 13.1.